The van der Waals surface area contributed by atoms with Gasteiger partial charge in [-0.25, -0.2) is 4.79 Å². The fraction of sp³-hybridized carbons (Fsp3) is 0.231. The largest absolute Gasteiger partial charge is 0.445 e. The highest BCUT2D eigenvalue weighted by Crippen LogP contribution is 2.23. The van der Waals surface area contributed by atoms with Crippen LogP contribution < -0.4 is 0 Å². The van der Waals surface area contributed by atoms with Crippen molar-refractivity contribution in [3.05, 3.63) is 108 Å². The van der Waals surface area contributed by atoms with Crippen LogP contribution in [0.1, 0.15) is 35.4 Å². The van der Waals surface area contributed by atoms with Crippen LogP contribution in [0.5, 0.6) is 0 Å². The average molecular weight is 402 g/mol. The van der Waals surface area contributed by atoms with Gasteiger partial charge in [0.15, 0.2) is 0 Å². The SMILES string of the molecule is O=CC[C@H](CCN(Cc1ccccc1)C(=O)OCc1ccccc1)c1ccccc1. The molecule has 0 aliphatic rings. The van der Waals surface area contributed by atoms with Crippen LogP contribution in [0.4, 0.5) is 4.79 Å². The molecule has 0 unspecified atom stereocenters. The minimum Gasteiger partial charge on any atom is -0.445 e. The smallest absolute Gasteiger partial charge is 0.410 e. The molecule has 3 aromatic carbocycles. The Morgan fingerprint density at radius 3 is 2.00 bits per heavy atom. The molecule has 0 aromatic heterocycles. The van der Waals surface area contributed by atoms with Crippen LogP contribution >= 0.6 is 0 Å². The Bertz CT molecular complexity index is 897. The summed E-state index contributed by atoms with van der Waals surface area (Å²) in [5.74, 6) is 0.0731. The molecule has 4 heteroatoms. The van der Waals surface area contributed by atoms with Crippen molar-refractivity contribution in [3.63, 3.8) is 0 Å². The number of rotatable bonds is 10. The number of hydrogen-bond donors (Lipinski definition) is 0. The molecule has 0 saturated heterocycles. The number of benzene rings is 3. The Morgan fingerprint density at radius 2 is 1.40 bits per heavy atom. The molecular formula is C26H27NO3. The quantitative estimate of drug-likeness (QED) is 0.416. The van der Waals surface area contributed by atoms with Gasteiger partial charge in [-0.15, -0.1) is 0 Å². The van der Waals surface area contributed by atoms with Gasteiger partial charge in [-0.1, -0.05) is 91.0 Å². The molecule has 3 rings (SSSR count). The summed E-state index contributed by atoms with van der Waals surface area (Å²) in [6.45, 7) is 1.22. The Balaban J connectivity index is 1.68. The van der Waals surface area contributed by atoms with Gasteiger partial charge < -0.3 is 14.4 Å². The third-order valence-electron chi connectivity index (χ3n) is 5.08. The number of hydrogen-bond acceptors (Lipinski definition) is 3. The predicted molar refractivity (Wildman–Crippen MR) is 118 cm³/mol. The van der Waals surface area contributed by atoms with Crippen molar-refractivity contribution in [1.82, 2.24) is 4.90 Å². The second-order valence-corrected chi connectivity index (χ2v) is 7.25. The lowest BCUT2D eigenvalue weighted by Gasteiger charge is -2.25. The molecule has 0 saturated carbocycles. The van der Waals surface area contributed by atoms with E-state index in [1.807, 2.05) is 91.0 Å². The first kappa shape index (κ1) is 21.3. The zero-order valence-corrected chi connectivity index (χ0v) is 17.0. The summed E-state index contributed by atoms with van der Waals surface area (Å²) < 4.78 is 5.58. The lowest BCUT2D eigenvalue weighted by atomic mass is 9.93. The zero-order chi connectivity index (χ0) is 21.0. The van der Waals surface area contributed by atoms with E-state index in [4.69, 9.17) is 4.74 Å². The van der Waals surface area contributed by atoms with Crippen molar-refractivity contribution in [1.29, 1.82) is 0 Å². The minimum atomic E-state index is -0.347. The van der Waals surface area contributed by atoms with Gasteiger partial charge in [0.25, 0.3) is 0 Å². The molecule has 0 aliphatic carbocycles. The lowest BCUT2D eigenvalue weighted by molar-refractivity contribution is -0.108. The van der Waals surface area contributed by atoms with Crippen molar-refractivity contribution >= 4 is 12.4 Å². The third kappa shape index (κ3) is 6.59. The first-order valence-corrected chi connectivity index (χ1v) is 10.2. The number of amides is 1. The van der Waals surface area contributed by atoms with E-state index in [1.54, 1.807) is 4.90 Å². The molecule has 0 heterocycles. The van der Waals surface area contributed by atoms with Gasteiger partial charge in [0.1, 0.15) is 12.9 Å². The van der Waals surface area contributed by atoms with Crippen molar-refractivity contribution in [2.24, 2.45) is 0 Å². The van der Waals surface area contributed by atoms with Gasteiger partial charge in [-0.05, 0) is 29.0 Å². The number of nitrogens with zero attached hydrogens (tertiary/aromatic N) is 1. The summed E-state index contributed by atoms with van der Waals surface area (Å²) in [7, 11) is 0. The highest BCUT2D eigenvalue weighted by molar-refractivity contribution is 5.67. The summed E-state index contributed by atoms with van der Waals surface area (Å²) in [5, 5.41) is 0. The molecule has 30 heavy (non-hydrogen) atoms. The molecule has 4 nitrogen and oxygen atoms in total. The lowest BCUT2D eigenvalue weighted by Crippen LogP contribution is -2.32. The van der Waals surface area contributed by atoms with Crippen LogP contribution in [0.2, 0.25) is 0 Å². The van der Waals surface area contributed by atoms with Crippen LogP contribution in [0.3, 0.4) is 0 Å². The van der Waals surface area contributed by atoms with Crippen molar-refractivity contribution < 1.29 is 14.3 Å². The maximum atomic E-state index is 12.9. The third-order valence-corrected chi connectivity index (χ3v) is 5.08. The number of ether oxygens (including phenoxy) is 1. The number of carbonyl (C=O) groups excluding carboxylic acids is 2. The van der Waals surface area contributed by atoms with E-state index in [-0.39, 0.29) is 18.6 Å². The van der Waals surface area contributed by atoms with Crippen LogP contribution in [0.15, 0.2) is 91.0 Å². The Kier molecular flexibility index (Phi) is 8.22. The molecule has 1 atom stereocenters. The summed E-state index contributed by atoms with van der Waals surface area (Å²) in [6, 6.07) is 29.5. The van der Waals surface area contributed by atoms with Crippen molar-refractivity contribution in [2.45, 2.75) is 31.9 Å². The van der Waals surface area contributed by atoms with E-state index in [0.717, 1.165) is 23.0 Å². The molecular weight excluding hydrogens is 374 g/mol. The molecule has 1 amide bonds. The van der Waals surface area contributed by atoms with Crippen LogP contribution in [0, 0.1) is 0 Å². The van der Waals surface area contributed by atoms with E-state index < -0.39 is 0 Å². The van der Waals surface area contributed by atoms with E-state index in [2.05, 4.69) is 0 Å². The van der Waals surface area contributed by atoms with E-state index in [1.165, 1.54) is 0 Å². The van der Waals surface area contributed by atoms with Crippen LogP contribution in [-0.2, 0) is 22.7 Å². The molecule has 0 aliphatic heterocycles. The highest BCUT2D eigenvalue weighted by atomic mass is 16.6. The number of aldehydes is 1. The Labute approximate surface area is 178 Å². The second kappa shape index (κ2) is 11.6. The Hall–Kier alpha value is -3.40. The Morgan fingerprint density at radius 1 is 0.833 bits per heavy atom. The zero-order valence-electron chi connectivity index (χ0n) is 17.0. The summed E-state index contributed by atoms with van der Waals surface area (Å²) >= 11 is 0. The molecule has 3 aromatic rings. The van der Waals surface area contributed by atoms with Gasteiger partial charge in [0.2, 0.25) is 0 Å². The highest BCUT2D eigenvalue weighted by Gasteiger charge is 2.19. The topological polar surface area (TPSA) is 46.6 Å². The van der Waals surface area contributed by atoms with E-state index in [0.29, 0.717) is 25.9 Å². The fourth-order valence-electron chi connectivity index (χ4n) is 3.42. The first-order chi connectivity index (χ1) is 14.8. The maximum Gasteiger partial charge on any atom is 0.410 e. The molecule has 0 radical (unpaired) electrons. The summed E-state index contributed by atoms with van der Waals surface area (Å²) in [4.78, 5) is 25.8. The van der Waals surface area contributed by atoms with Gasteiger partial charge in [0, 0.05) is 19.5 Å². The van der Waals surface area contributed by atoms with Crippen molar-refractivity contribution in [3.8, 4) is 0 Å². The van der Waals surface area contributed by atoms with Gasteiger partial charge in [-0.2, -0.15) is 0 Å². The normalized spacial score (nSPS) is 11.5. The predicted octanol–water partition coefficient (Wildman–Crippen LogP) is 5.59. The molecule has 0 bridgehead atoms. The maximum absolute atomic E-state index is 12.9. The standard InChI is InChI=1S/C26H27NO3/c28-19-17-25(24-14-8-3-9-15-24)16-18-27(20-22-10-4-1-5-11-22)26(29)30-21-23-12-6-2-7-13-23/h1-15,19,25H,16-18,20-21H2/t25-/m0/s1. The van der Waals surface area contributed by atoms with Crippen LogP contribution in [0.25, 0.3) is 0 Å². The van der Waals surface area contributed by atoms with E-state index in [9.17, 15) is 9.59 Å². The van der Waals surface area contributed by atoms with Crippen molar-refractivity contribution in [2.75, 3.05) is 6.54 Å². The second-order valence-electron chi connectivity index (χ2n) is 7.25. The monoisotopic (exact) mass is 401 g/mol. The van der Waals surface area contributed by atoms with E-state index >= 15 is 0 Å². The molecule has 0 fully saturated rings. The van der Waals surface area contributed by atoms with Gasteiger partial charge >= 0.3 is 6.09 Å². The average Bonchev–Trinajstić information content (AvgIpc) is 2.81. The summed E-state index contributed by atoms with van der Waals surface area (Å²) in [6.07, 6.45) is 1.73. The molecule has 0 spiro atoms. The molecule has 154 valence electrons. The fourth-order valence-corrected chi connectivity index (χ4v) is 3.42. The summed E-state index contributed by atoms with van der Waals surface area (Å²) in [5.41, 5.74) is 3.11. The first-order valence-electron chi connectivity index (χ1n) is 10.2. The number of carbonyl (C=O) groups is 2. The molecule has 0 N–H and O–H groups in total. The van der Waals surface area contributed by atoms with Gasteiger partial charge in [-0.3, -0.25) is 0 Å². The van der Waals surface area contributed by atoms with Crippen LogP contribution in [-0.4, -0.2) is 23.8 Å². The van der Waals surface area contributed by atoms with Gasteiger partial charge in [0.05, 0.1) is 0 Å². The minimum absolute atomic E-state index is 0.0731.